The molecule has 8 heteroatoms. The average molecular weight is 378 g/mol. The molecule has 27 heavy (non-hydrogen) atoms. The SMILES string of the molecule is Cc1c(-c2ccc(C(F)(F)F)cc2O)nnc2c1CCN2[C@@H]1CCCNC1. The Balaban J connectivity index is 1.69. The molecule has 144 valence electrons. The van der Waals surface area contributed by atoms with Crippen molar-refractivity contribution in [2.45, 2.75) is 38.4 Å². The molecule has 0 radical (unpaired) electrons. The standard InChI is InChI=1S/C19H21F3N4O/c1-11-14-6-8-26(13-3-2-7-23-10-13)18(14)25-24-17(11)15-5-4-12(9-16(15)27)19(20,21)22/h4-5,9,13,23,27H,2-3,6-8,10H2,1H3/t13-/m1/s1. The Morgan fingerprint density at radius 1 is 1.26 bits per heavy atom. The van der Waals surface area contributed by atoms with E-state index in [1.807, 2.05) is 6.92 Å². The molecule has 2 N–H and O–H groups in total. The summed E-state index contributed by atoms with van der Waals surface area (Å²) in [6.45, 7) is 4.71. The van der Waals surface area contributed by atoms with Crippen molar-refractivity contribution in [1.82, 2.24) is 15.5 Å². The number of phenols is 1. The van der Waals surface area contributed by atoms with Gasteiger partial charge in [-0.15, -0.1) is 10.2 Å². The van der Waals surface area contributed by atoms with Crippen molar-refractivity contribution in [3.8, 4) is 17.0 Å². The molecule has 0 unspecified atom stereocenters. The normalized spacial score (nSPS) is 20.0. The van der Waals surface area contributed by atoms with E-state index in [9.17, 15) is 18.3 Å². The zero-order chi connectivity index (χ0) is 19.2. The van der Waals surface area contributed by atoms with Crippen molar-refractivity contribution in [2.75, 3.05) is 24.5 Å². The second-order valence-electron chi connectivity index (χ2n) is 7.15. The number of nitrogens with zero attached hydrogens (tertiary/aromatic N) is 3. The fourth-order valence-electron chi connectivity index (χ4n) is 4.03. The first kappa shape index (κ1) is 18.0. The Morgan fingerprint density at radius 3 is 2.74 bits per heavy atom. The first-order chi connectivity index (χ1) is 12.9. The third kappa shape index (κ3) is 3.22. The number of halogens is 3. The van der Waals surface area contributed by atoms with E-state index in [0.29, 0.717) is 11.7 Å². The van der Waals surface area contributed by atoms with Crippen LogP contribution in [-0.2, 0) is 12.6 Å². The third-order valence-corrected chi connectivity index (χ3v) is 5.49. The van der Waals surface area contributed by atoms with Crippen LogP contribution in [0.2, 0.25) is 0 Å². The van der Waals surface area contributed by atoms with Crippen LogP contribution in [0.3, 0.4) is 0 Å². The van der Waals surface area contributed by atoms with Gasteiger partial charge in [-0.25, -0.2) is 0 Å². The first-order valence-corrected chi connectivity index (χ1v) is 9.10. The van der Waals surface area contributed by atoms with Crippen LogP contribution in [0.1, 0.15) is 29.5 Å². The van der Waals surface area contributed by atoms with Crippen LogP contribution in [-0.4, -0.2) is 41.0 Å². The number of piperidine rings is 1. The lowest BCUT2D eigenvalue weighted by atomic mass is 10.00. The number of rotatable bonds is 2. The second-order valence-corrected chi connectivity index (χ2v) is 7.15. The highest BCUT2D eigenvalue weighted by Gasteiger charge is 2.33. The summed E-state index contributed by atoms with van der Waals surface area (Å²) in [5, 5.41) is 22.2. The van der Waals surface area contributed by atoms with Gasteiger partial charge in [0.15, 0.2) is 5.82 Å². The monoisotopic (exact) mass is 378 g/mol. The van der Waals surface area contributed by atoms with Crippen molar-refractivity contribution in [1.29, 1.82) is 0 Å². The predicted octanol–water partition coefficient (Wildman–Crippen LogP) is 3.29. The molecular weight excluding hydrogens is 357 g/mol. The number of hydrogen-bond donors (Lipinski definition) is 2. The van der Waals surface area contributed by atoms with E-state index in [-0.39, 0.29) is 5.56 Å². The highest BCUT2D eigenvalue weighted by atomic mass is 19.4. The highest BCUT2D eigenvalue weighted by molar-refractivity contribution is 5.73. The predicted molar refractivity (Wildman–Crippen MR) is 95.8 cm³/mol. The van der Waals surface area contributed by atoms with Crippen molar-refractivity contribution in [3.63, 3.8) is 0 Å². The molecule has 0 amide bonds. The van der Waals surface area contributed by atoms with Crippen molar-refractivity contribution in [2.24, 2.45) is 0 Å². The summed E-state index contributed by atoms with van der Waals surface area (Å²) in [5.74, 6) is 0.421. The molecule has 2 aliphatic heterocycles. The van der Waals surface area contributed by atoms with Gasteiger partial charge in [-0.1, -0.05) is 0 Å². The van der Waals surface area contributed by atoms with Gasteiger partial charge in [-0.3, -0.25) is 0 Å². The zero-order valence-corrected chi connectivity index (χ0v) is 15.0. The molecule has 0 spiro atoms. The van der Waals surface area contributed by atoms with Gasteiger partial charge in [-0.05, 0) is 56.5 Å². The van der Waals surface area contributed by atoms with Gasteiger partial charge in [0.2, 0.25) is 0 Å². The Hall–Kier alpha value is -2.35. The molecule has 1 aromatic carbocycles. The summed E-state index contributed by atoms with van der Waals surface area (Å²) in [4.78, 5) is 2.28. The lowest BCUT2D eigenvalue weighted by molar-refractivity contribution is -0.137. The van der Waals surface area contributed by atoms with Gasteiger partial charge in [0, 0.05) is 30.3 Å². The van der Waals surface area contributed by atoms with E-state index in [2.05, 4.69) is 20.4 Å². The molecule has 3 heterocycles. The summed E-state index contributed by atoms with van der Waals surface area (Å²) in [6, 6.07) is 3.35. The van der Waals surface area contributed by atoms with E-state index in [1.54, 1.807) is 0 Å². The minimum atomic E-state index is -4.50. The van der Waals surface area contributed by atoms with E-state index >= 15 is 0 Å². The first-order valence-electron chi connectivity index (χ1n) is 9.10. The quantitative estimate of drug-likeness (QED) is 0.840. The fraction of sp³-hybridized carbons (Fsp3) is 0.474. The molecule has 0 bridgehead atoms. The van der Waals surface area contributed by atoms with Gasteiger partial charge in [-0.2, -0.15) is 13.2 Å². The van der Waals surface area contributed by atoms with Crippen LogP contribution < -0.4 is 10.2 Å². The topological polar surface area (TPSA) is 61.3 Å². The van der Waals surface area contributed by atoms with Crippen molar-refractivity contribution in [3.05, 3.63) is 34.9 Å². The lowest BCUT2D eigenvalue weighted by Gasteiger charge is -2.32. The number of aromatic nitrogens is 2. The molecule has 0 saturated carbocycles. The third-order valence-electron chi connectivity index (χ3n) is 5.49. The highest BCUT2D eigenvalue weighted by Crippen LogP contribution is 2.39. The largest absolute Gasteiger partial charge is 0.507 e. The van der Waals surface area contributed by atoms with Crippen LogP contribution in [0.15, 0.2) is 18.2 Å². The molecule has 1 aromatic heterocycles. The van der Waals surface area contributed by atoms with Crippen molar-refractivity contribution < 1.29 is 18.3 Å². The second kappa shape index (κ2) is 6.67. The van der Waals surface area contributed by atoms with Crippen LogP contribution >= 0.6 is 0 Å². The summed E-state index contributed by atoms with van der Waals surface area (Å²) in [5.41, 5.74) is 1.75. The maximum atomic E-state index is 12.8. The summed E-state index contributed by atoms with van der Waals surface area (Å²) in [6.07, 6.45) is -1.44. The minimum absolute atomic E-state index is 0.272. The number of nitrogens with one attached hydrogen (secondary N) is 1. The van der Waals surface area contributed by atoms with Gasteiger partial charge < -0.3 is 15.3 Å². The molecule has 1 saturated heterocycles. The molecule has 5 nitrogen and oxygen atoms in total. The Bertz CT molecular complexity index is 863. The zero-order valence-electron chi connectivity index (χ0n) is 15.0. The number of anilines is 1. The Kier molecular flexibility index (Phi) is 4.46. The number of hydrogen-bond acceptors (Lipinski definition) is 5. The fourth-order valence-corrected chi connectivity index (χ4v) is 4.03. The Labute approximate surface area is 155 Å². The van der Waals surface area contributed by atoms with E-state index in [0.717, 1.165) is 68.0 Å². The van der Waals surface area contributed by atoms with Gasteiger partial charge >= 0.3 is 6.18 Å². The van der Waals surface area contributed by atoms with Crippen LogP contribution in [0.25, 0.3) is 11.3 Å². The van der Waals surface area contributed by atoms with Crippen LogP contribution in [0.4, 0.5) is 19.0 Å². The summed E-state index contributed by atoms with van der Waals surface area (Å²) in [7, 11) is 0. The van der Waals surface area contributed by atoms with E-state index in [4.69, 9.17) is 0 Å². The summed E-state index contributed by atoms with van der Waals surface area (Å²) >= 11 is 0. The van der Waals surface area contributed by atoms with Crippen LogP contribution in [0.5, 0.6) is 5.75 Å². The van der Waals surface area contributed by atoms with Gasteiger partial charge in [0.1, 0.15) is 5.75 Å². The molecular formula is C19H21F3N4O. The average Bonchev–Trinajstić information content (AvgIpc) is 3.07. The molecule has 1 atom stereocenters. The maximum Gasteiger partial charge on any atom is 0.416 e. The Morgan fingerprint density at radius 2 is 2.07 bits per heavy atom. The molecule has 1 fully saturated rings. The number of phenolic OH excluding ortho intramolecular Hbond substituents is 1. The lowest BCUT2D eigenvalue weighted by Crippen LogP contribution is -2.45. The van der Waals surface area contributed by atoms with E-state index < -0.39 is 17.5 Å². The van der Waals surface area contributed by atoms with Crippen LogP contribution in [0, 0.1) is 6.92 Å². The minimum Gasteiger partial charge on any atom is -0.507 e. The molecule has 0 aliphatic carbocycles. The van der Waals surface area contributed by atoms with Gasteiger partial charge in [0.25, 0.3) is 0 Å². The number of fused-ring (bicyclic) bond motifs is 1. The smallest absolute Gasteiger partial charge is 0.416 e. The molecule has 4 rings (SSSR count). The number of alkyl halides is 3. The maximum absolute atomic E-state index is 12.8. The number of benzene rings is 1. The molecule has 2 aliphatic rings. The van der Waals surface area contributed by atoms with Gasteiger partial charge in [0.05, 0.1) is 11.3 Å². The number of aromatic hydroxyl groups is 1. The van der Waals surface area contributed by atoms with E-state index in [1.165, 1.54) is 6.07 Å². The summed E-state index contributed by atoms with van der Waals surface area (Å²) < 4.78 is 38.5. The van der Waals surface area contributed by atoms with Crippen molar-refractivity contribution >= 4 is 5.82 Å². The molecule has 2 aromatic rings.